The van der Waals surface area contributed by atoms with E-state index >= 15 is 0 Å². The molecule has 126 valence electrons. The van der Waals surface area contributed by atoms with Crippen molar-refractivity contribution in [2.75, 3.05) is 18.0 Å². The number of rotatable bonds is 7. The van der Waals surface area contributed by atoms with Gasteiger partial charge in [-0.05, 0) is 58.3 Å². The highest BCUT2D eigenvalue weighted by Crippen LogP contribution is 2.44. The smallest absolute Gasteiger partial charge is 0.269 e. The van der Waals surface area contributed by atoms with Crippen LogP contribution in [0.2, 0.25) is 0 Å². The molecule has 1 heterocycles. The summed E-state index contributed by atoms with van der Waals surface area (Å²) in [6, 6.07) is 4.77. The summed E-state index contributed by atoms with van der Waals surface area (Å²) in [5.41, 5.74) is 0.842. The number of carbonyl (C=O) groups is 1. The first-order chi connectivity index (χ1) is 10.8. The first-order valence-corrected chi connectivity index (χ1v) is 8.14. The van der Waals surface area contributed by atoms with Gasteiger partial charge in [0.25, 0.3) is 5.69 Å². The Morgan fingerprint density at radius 2 is 2.04 bits per heavy atom. The summed E-state index contributed by atoms with van der Waals surface area (Å²) in [5, 5.41) is 14.4. The number of anilines is 1. The van der Waals surface area contributed by atoms with Crippen LogP contribution >= 0.6 is 0 Å². The lowest BCUT2D eigenvalue weighted by Crippen LogP contribution is -2.42. The third kappa shape index (κ3) is 3.22. The van der Waals surface area contributed by atoms with E-state index in [1.807, 2.05) is 20.8 Å². The van der Waals surface area contributed by atoms with Gasteiger partial charge in [0.1, 0.15) is 0 Å². The highest BCUT2D eigenvalue weighted by atomic mass is 16.6. The van der Waals surface area contributed by atoms with Gasteiger partial charge in [-0.3, -0.25) is 14.9 Å². The number of benzene rings is 1. The summed E-state index contributed by atoms with van der Waals surface area (Å²) in [4.78, 5) is 25.2. The molecular formula is C17H25N3O3. The molecule has 0 aliphatic carbocycles. The van der Waals surface area contributed by atoms with E-state index in [4.69, 9.17) is 0 Å². The van der Waals surface area contributed by atoms with Crippen molar-refractivity contribution in [2.45, 2.75) is 52.0 Å². The summed E-state index contributed by atoms with van der Waals surface area (Å²) in [6.45, 7) is 9.63. The fraction of sp³-hybridized carbons (Fsp3) is 0.588. The lowest BCUT2D eigenvalue weighted by atomic mass is 9.86. The Morgan fingerprint density at radius 3 is 2.65 bits per heavy atom. The van der Waals surface area contributed by atoms with E-state index in [0.29, 0.717) is 0 Å². The maximum absolute atomic E-state index is 12.8. The van der Waals surface area contributed by atoms with Gasteiger partial charge in [-0.15, -0.1) is 0 Å². The SMILES string of the molecule is CCCNCCC(C)N1C(=O)C(C)(C)c2cc([N+](=O)[O-])ccc21. The van der Waals surface area contributed by atoms with E-state index in [9.17, 15) is 14.9 Å². The zero-order valence-electron chi connectivity index (χ0n) is 14.3. The van der Waals surface area contributed by atoms with Gasteiger partial charge < -0.3 is 10.2 Å². The van der Waals surface area contributed by atoms with Crippen LogP contribution in [0, 0.1) is 10.1 Å². The molecule has 1 aliphatic rings. The zero-order chi connectivity index (χ0) is 17.2. The first kappa shape index (κ1) is 17.4. The Labute approximate surface area is 137 Å². The summed E-state index contributed by atoms with van der Waals surface area (Å²) in [5.74, 6) is 0.0102. The van der Waals surface area contributed by atoms with Gasteiger partial charge in [-0.25, -0.2) is 0 Å². The predicted octanol–water partition coefficient (Wildman–Crippen LogP) is 3.00. The van der Waals surface area contributed by atoms with Crippen LogP contribution in [-0.4, -0.2) is 30.0 Å². The van der Waals surface area contributed by atoms with Crippen molar-refractivity contribution in [3.05, 3.63) is 33.9 Å². The Balaban J connectivity index is 2.27. The van der Waals surface area contributed by atoms with Crippen molar-refractivity contribution in [1.29, 1.82) is 0 Å². The van der Waals surface area contributed by atoms with E-state index < -0.39 is 10.3 Å². The molecular weight excluding hydrogens is 294 g/mol. The van der Waals surface area contributed by atoms with E-state index in [1.165, 1.54) is 12.1 Å². The maximum atomic E-state index is 12.8. The average molecular weight is 319 g/mol. The van der Waals surface area contributed by atoms with Gasteiger partial charge >= 0.3 is 0 Å². The van der Waals surface area contributed by atoms with Crippen LogP contribution in [0.1, 0.15) is 46.1 Å². The van der Waals surface area contributed by atoms with Gasteiger partial charge in [-0.1, -0.05) is 6.92 Å². The molecule has 0 radical (unpaired) electrons. The normalized spacial score (nSPS) is 17.2. The highest BCUT2D eigenvalue weighted by Gasteiger charge is 2.46. The molecule has 0 saturated heterocycles. The van der Waals surface area contributed by atoms with Crippen LogP contribution in [0.3, 0.4) is 0 Å². The van der Waals surface area contributed by atoms with Gasteiger partial charge in [0, 0.05) is 23.9 Å². The van der Waals surface area contributed by atoms with Crippen molar-refractivity contribution in [2.24, 2.45) is 0 Å². The van der Waals surface area contributed by atoms with Crippen LogP contribution in [0.4, 0.5) is 11.4 Å². The van der Waals surface area contributed by atoms with Crippen LogP contribution in [0.15, 0.2) is 18.2 Å². The molecule has 1 N–H and O–H groups in total. The number of nitrogens with zero attached hydrogens (tertiary/aromatic N) is 2. The van der Waals surface area contributed by atoms with Crippen LogP contribution in [0.5, 0.6) is 0 Å². The highest BCUT2D eigenvalue weighted by molar-refractivity contribution is 6.08. The molecule has 1 aliphatic heterocycles. The van der Waals surface area contributed by atoms with Crippen LogP contribution in [0.25, 0.3) is 0 Å². The number of hydrogen-bond acceptors (Lipinski definition) is 4. The minimum atomic E-state index is -0.730. The second-order valence-corrected chi connectivity index (χ2v) is 6.65. The Kier molecular flexibility index (Phi) is 5.04. The van der Waals surface area contributed by atoms with E-state index in [-0.39, 0.29) is 17.6 Å². The number of non-ortho nitro benzene ring substituents is 1. The number of nitrogens with one attached hydrogen (secondary N) is 1. The number of hydrogen-bond donors (Lipinski definition) is 1. The molecule has 1 aromatic rings. The fourth-order valence-corrected chi connectivity index (χ4v) is 3.05. The molecule has 6 heteroatoms. The molecule has 0 bridgehead atoms. The summed E-state index contributed by atoms with van der Waals surface area (Å²) >= 11 is 0. The van der Waals surface area contributed by atoms with Gasteiger partial charge in [0.15, 0.2) is 0 Å². The second kappa shape index (κ2) is 6.66. The Morgan fingerprint density at radius 1 is 1.35 bits per heavy atom. The molecule has 0 fully saturated rings. The third-order valence-electron chi connectivity index (χ3n) is 4.48. The number of amides is 1. The molecule has 6 nitrogen and oxygen atoms in total. The summed E-state index contributed by atoms with van der Waals surface area (Å²) in [7, 11) is 0. The van der Waals surface area contributed by atoms with Crippen molar-refractivity contribution >= 4 is 17.3 Å². The van der Waals surface area contributed by atoms with Gasteiger partial charge in [0.05, 0.1) is 10.3 Å². The lowest BCUT2D eigenvalue weighted by molar-refractivity contribution is -0.384. The number of nitro benzene ring substituents is 1. The second-order valence-electron chi connectivity index (χ2n) is 6.65. The molecule has 0 spiro atoms. The molecule has 2 rings (SSSR count). The lowest BCUT2D eigenvalue weighted by Gasteiger charge is -2.27. The van der Waals surface area contributed by atoms with E-state index in [1.54, 1.807) is 11.0 Å². The predicted molar refractivity (Wildman–Crippen MR) is 90.8 cm³/mol. The van der Waals surface area contributed by atoms with E-state index in [0.717, 1.165) is 37.2 Å². The number of carbonyl (C=O) groups excluding carboxylic acids is 1. The maximum Gasteiger partial charge on any atom is 0.269 e. The number of fused-ring (bicyclic) bond motifs is 1. The Hall–Kier alpha value is -1.95. The third-order valence-corrected chi connectivity index (χ3v) is 4.48. The molecule has 23 heavy (non-hydrogen) atoms. The van der Waals surface area contributed by atoms with Crippen LogP contribution < -0.4 is 10.2 Å². The molecule has 1 aromatic carbocycles. The molecule has 0 saturated carbocycles. The molecule has 1 unspecified atom stereocenters. The van der Waals surface area contributed by atoms with Crippen molar-refractivity contribution in [1.82, 2.24) is 5.32 Å². The topological polar surface area (TPSA) is 75.5 Å². The first-order valence-electron chi connectivity index (χ1n) is 8.14. The quantitative estimate of drug-likeness (QED) is 0.476. The minimum Gasteiger partial charge on any atom is -0.317 e. The van der Waals surface area contributed by atoms with Gasteiger partial charge in [-0.2, -0.15) is 0 Å². The number of nitro groups is 1. The molecule has 1 atom stereocenters. The minimum absolute atomic E-state index is 0.0102. The molecule has 1 amide bonds. The molecule has 0 aromatic heterocycles. The van der Waals surface area contributed by atoms with E-state index in [2.05, 4.69) is 12.2 Å². The Bertz CT molecular complexity index is 613. The summed E-state index contributed by atoms with van der Waals surface area (Å²) in [6.07, 6.45) is 1.93. The fourth-order valence-electron chi connectivity index (χ4n) is 3.05. The largest absolute Gasteiger partial charge is 0.317 e. The monoisotopic (exact) mass is 319 g/mol. The summed E-state index contributed by atoms with van der Waals surface area (Å²) < 4.78 is 0. The van der Waals surface area contributed by atoms with Crippen LogP contribution in [-0.2, 0) is 10.2 Å². The standard InChI is InChI=1S/C17H25N3O3/c1-5-9-18-10-8-12(2)19-15-7-6-13(20(22)23)11-14(15)17(3,4)16(19)21/h6-7,11-12,18H,5,8-10H2,1-4H3. The average Bonchev–Trinajstić information content (AvgIpc) is 2.70. The van der Waals surface area contributed by atoms with Crippen molar-refractivity contribution in [3.63, 3.8) is 0 Å². The van der Waals surface area contributed by atoms with Gasteiger partial charge in [0.2, 0.25) is 5.91 Å². The zero-order valence-corrected chi connectivity index (χ0v) is 14.3. The van der Waals surface area contributed by atoms with Crippen molar-refractivity contribution in [3.8, 4) is 0 Å². The van der Waals surface area contributed by atoms with Crippen molar-refractivity contribution < 1.29 is 9.72 Å².